The van der Waals surface area contributed by atoms with E-state index in [0.29, 0.717) is 19.1 Å². The van der Waals surface area contributed by atoms with Crippen molar-refractivity contribution in [1.82, 2.24) is 5.32 Å². The molecule has 0 radical (unpaired) electrons. The fourth-order valence-electron chi connectivity index (χ4n) is 1.48. The van der Waals surface area contributed by atoms with E-state index in [1.54, 1.807) is 0 Å². The molecule has 0 aromatic heterocycles. The minimum absolute atomic E-state index is 0.285. The predicted octanol–water partition coefficient (Wildman–Crippen LogP) is 0.0205. The first kappa shape index (κ1) is 10.5. The van der Waals surface area contributed by atoms with Crippen LogP contribution in [0, 0.1) is 0 Å². The lowest BCUT2D eigenvalue weighted by atomic mass is 10.1. The van der Waals surface area contributed by atoms with Gasteiger partial charge >= 0.3 is 0 Å². The van der Waals surface area contributed by atoms with Crippen molar-refractivity contribution in [3.8, 4) is 0 Å². The van der Waals surface area contributed by atoms with Crippen molar-refractivity contribution in [2.45, 2.75) is 31.8 Å². The van der Waals surface area contributed by atoms with E-state index in [2.05, 4.69) is 5.32 Å². The predicted molar refractivity (Wildman–Crippen MR) is 50.3 cm³/mol. The average Bonchev–Trinajstić information content (AvgIpc) is 2.32. The molecule has 1 aliphatic heterocycles. The van der Waals surface area contributed by atoms with Crippen molar-refractivity contribution in [2.75, 3.05) is 19.7 Å². The van der Waals surface area contributed by atoms with E-state index in [0.717, 1.165) is 32.4 Å². The first-order valence-electron chi connectivity index (χ1n) is 4.89. The molecule has 3 N–H and O–H groups in total. The third-order valence-corrected chi connectivity index (χ3v) is 2.22. The Hall–Kier alpha value is -0.610. The normalized spacial score (nSPS) is 23.8. The van der Waals surface area contributed by atoms with Crippen LogP contribution in [-0.4, -0.2) is 31.7 Å². The summed E-state index contributed by atoms with van der Waals surface area (Å²) in [5.74, 6) is -0.285. The van der Waals surface area contributed by atoms with Crippen LogP contribution in [0.1, 0.15) is 25.7 Å². The smallest absolute Gasteiger partial charge is 0.219 e. The number of carbonyl (C=O) groups excluding carboxylic acids is 1. The number of ether oxygens (including phenoxy) is 1. The Morgan fingerprint density at radius 3 is 3.08 bits per heavy atom. The third kappa shape index (κ3) is 4.85. The van der Waals surface area contributed by atoms with Gasteiger partial charge in [0.05, 0.1) is 12.7 Å². The van der Waals surface area contributed by atoms with Gasteiger partial charge in [0.25, 0.3) is 0 Å². The van der Waals surface area contributed by atoms with Crippen molar-refractivity contribution in [1.29, 1.82) is 0 Å². The number of nitrogens with one attached hydrogen (secondary N) is 1. The molecule has 1 fully saturated rings. The highest BCUT2D eigenvalue weighted by molar-refractivity contribution is 5.73. The van der Waals surface area contributed by atoms with Crippen molar-refractivity contribution in [3.05, 3.63) is 0 Å². The van der Waals surface area contributed by atoms with Gasteiger partial charge in [-0.3, -0.25) is 4.79 Å². The highest BCUT2D eigenvalue weighted by atomic mass is 16.5. The van der Waals surface area contributed by atoms with Gasteiger partial charge in [-0.15, -0.1) is 0 Å². The van der Waals surface area contributed by atoms with Gasteiger partial charge in [0.1, 0.15) is 0 Å². The van der Waals surface area contributed by atoms with Crippen LogP contribution in [0.5, 0.6) is 0 Å². The van der Waals surface area contributed by atoms with E-state index in [9.17, 15) is 4.79 Å². The van der Waals surface area contributed by atoms with E-state index in [1.165, 1.54) is 0 Å². The standard InChI is InChI=1S/C9H18N2O2/c10-9(12)4-7-13-8-2-1-5-11-6-3-8/h8,11H,1-7H2,(H2,10,12). The average molecular weight is 186 g/mol. The Bertz CT molecular complexity index is 154. The maximum Gasteiger partial charge on any atom is 0.219 e. The molecule has 13 heavy (non-hydrogen) atoms. The molecule has 0 aromatic rings. The van der Waals surface area contributed by atoms with Crippen LogP contribution in [0.2, 0.25) is 0 Å². The number of rotatable bonds is 4. The molecule has 0 aliphatic carbocycles. The maximum absolute atomic E-state index is 10.4. The van der Waals surface area contributed by atoms with Crippen LogP contribution in [0.3, 0.4) is 0 Å². The lowest BCUT2D eigenvalue weighted by Crippen LogP contribution is -2.20. The van der Waals surface area contributed by atoms with Gasteiger partial charge in [-0.1, -0.05) is 0 Å². The number of nitrogens with two attached hydrogens (primary N) is 1. The lowest BCUT2D eigenvalue weighted by molar-refractivity contribution is -0.119. The van der Waals surface area contributed by atoms with Gasteiger partial charge in [-0.05, 0) is 32.4 Å². The molecule has 1 saturated heterocycles. The quantitative estimate of drug-likeness (QED) is 0.650. The molecule has 4 nitrogen and oxygen atoms in total. The van der Waals surface area contributed by atoms with Crippen LogP contribution in [0.15, 0.2) is 0 Å². The van der Waals surface area contributed by atoms with Gasteiger partial charge < -0.3 is 15.8 Å². The van der Waals surface area contributed by atoms with Gasteiger partial charge in [0.2, 0.25) is 5.91 Å². The van der Waals surface area contributed by atoms with E-state index < -0.39 is 0 Å². The Labute approximate surface area is 78.8 Å². The summed E-state index contributed by atoms with van der Waals surface area (Å²) in [6.45, 7) is 2.57. The molecule has 1 rings (SSSR count). The van der Waals surface area contributed by atoms with Crippen molar-refractivity contribution >= 4 is 5.91 Å². The molecule has 1 heterocycles. The molecule has 0 aromatic carbocycles. The summed E-state index contributed by atoms with van der Waals surface area (Å²) < 4.78 is 5.53. The van der Waals surface area contributed by atoms with Crippen molar-refractivity contribution < 1.29 is 9.53 Å². The minimum Gasteiger partial charge on any atom is -0.378 e. The zero-order valence-corrected chi connectivity index (χ0v) is 7.92. The van der Waals surface area contributed by atoms with Crippen LogP contribution in [0.25, 0.3) is 0 Å². The fraction of sp³-hybridized carbons (Fsp3) is 0.889. The van der Waals surface area contributed by atoms with E-state index in [1.807, 2.05) is 0 Å². The zero-order chi connectivity index (χ0) is 9.52. The molecule has 1 aliphatic rings. The van der Waals surface area contributed by atoms with Gasteiger partial charge in [-0.25, -0.2) is 0 Å². The second kappa shape index (κ2) is 5.94. The number of hydrogen-bond donors (Lipinski definition) is 2. The Morgan fingerprint density at radius 1 is 1.46 bits per heavy atom. The highest BCUT2D eigenvalue weighted by Crippen LogP contribution is 2.09. The lowest BCUT2D eigenvalue weighted by Gasteiger charge is -2.13. The van der Waals surface area contributed by atoms with E-state index in [-0.39, 0.29) is 5.91 Å². The monoisotopic (exact) mass is 186 g/mol. The second-order valence-corrected chi connectivity index (χ2v) is 3.39. The summed E-state index contributed by atoms with van der Waals surface area (Å²) in [5, 5.41) is 3.30. The summed E-state index contributed by atoms with van der Waals surface area (Å²) >= 11 is 0. The Balaban J connectivity index is 2.08. The molecular weight excluding hydrogens is 168 g/mol. The second-order valence-electron chi connectivity index (χ2n) is 3.39. The molecule has 1 atom stereocenters. The minimum atomic E-state index is -0.285. The van der Waals surface area contributed by atoms with Crippen molar-refractivity contribution in [3.63, 3.8) is 0 Å². The van der Waals surface area contributed by atoms with Gasteiger partial charge in [0, 0.05) is 6.42 Å². The molecule has 0 bridgehead atoms. The number of hydrogen-bond acceptors (Lipinski definition) is 3. The summed E-state index contributed by atoms with van der Waals surface area (Å²) in [5.41, 5.74) is 5.01. The van der Waals surface area contributed by atoms with E-state index >= 15 is 0 Å². The number of primary amides is 1. The molecule has 1 amide bonds. The van der Waals surface area contributed by atoms with Crippen LogP contribution >= 0.6 is 0 Å². The molecule has 1 unspecified atom stereocenters. The molecule has 76 valence electrons. The molecule has 0 saturated carbocycles. The molecular formula is C9H18N2O2. The summed E-state index contributed by atoms with van der Waals surface area (Å²) in [6.07, 6.45) is 3.93. The summed E-state index contributed by atoms with van der Waals surface area (Å²) in [7, 11) is 0. The molecule has 0 spiro atoms. The van der Waals surface area contributed by atoms with Crippen LogP contribution in [0.4, 0.5) is 0 Å². The fourth-order valence-corrected chi connectivity index (χ4v) is 1.48. The third-order valence-electron chi connectivity index (χ3n) is 2.22. The van der Waals surface area contributed by atoms with Crippen LogP contribution < -0.4 is 11.1 Å². The van der Waals surface area contributed by atoms with Crippen molar-refractivity contribution in [2.24, 2.45) is 5.73 Å². The summed E-state index contributed by atoms with van der Waals surface area (Å²) in [4.78, 5) is 10.4. The van der Waals surface area contributed by atoms with E-state index in [4.69, 9.17) is 10.5 Å². The van der Waals surface area contributed by atoms with Gasteiger partial charge in [0.15, 0.2) is 0 Å². The Kier molecular flexibility index (Phi) is 4.78. The topological polar surface area (TPSA) is 64.4 Å². The number of carbonyl (C=O) groups is 1. The first-order chi connectivity index (χ1) is 6.29. The number of amides is 1. The Morgan fingerprint density at radius 2 is 2.31 bits per heavy atom. The maximum atomic E-state index is 10.4. The largest absolute Gasteiger partial charge is 0.378 e. The highest BCUT2D eigenvalue weighted by Gasteiger charge is 2.11. The molecule has 4 heteroatoms. The first-order valence-corrected chi connectivity index (χ1v) is 4.89. The van der Waals surface area contributed by atoms with Crippen LogP contribution in [-0.2, 0) is 9.53 Å². The van der Waals surface area contributed by atoms with Gasteiger partial charge in [-0.2, -0.15) is 0 Å². The zero-order valence-electron chi connectivity index (χ0n) is 7.92. The SMILES string of the molecule is NC(=O)CCOC1CCCNCC1. The summed E-state index contributed by atoms with van der Waals surface area (Å²) in [6, 6.07) is 0.